The van der Waals surface area contributed by atoms with Crippen LogP contribution in [0.15, 0.2) is 12.3 Å². The summed E-state index contributed by atoms with van der Waals surface area (Å²) in [6, 6.07) is 2.05. The van der Waals surface area contributed by atoms with E-state index in [1.54, 1.807) is 7.11 Å². The standard InChI is InChI=1S/C14H21ClN4O/c1-11-8-12-14(16-10-11)19(13(9-15)17-12)5-4-18(2)6-7-20-3/h8,10H,4-7,9H2,1-3H3. The van der Waals surface area contributed by atoms with Crippen LogP contribution >= 0.6 is 11.6 Å². The molecule has 0 saturated heterocycles. The zero-order chi connectivity index (χ0) is 14.5. The number of hydrogen-bond donors (Lipinski definition) is 0. The molecule has 0 aliphatic carbocycles. The fourth-order valence-electron chi connectivity index (χ4n) is 2.13. The zero-order valence-corrected chi connectivity index (χ0v) is 13.0. The highest BCUT2D eigenvalue weighted by molar-refractivity contribution is 6.16. The molecule has 0 saturated carbocycles. The van der Waals surface area contributed by atoms with Crippen molar-refractivity contribution >= 4 is 22.8 Å². The number of methoxy groups -OCH3 is 1. The van der Waals surface area contributed by atoms with Gasteiger partial charge in [-0.15, -0.1) is 11.6 Å². The number of fused-ring (bicyclic) bond motifs is 1. The summed E-state index contributed by atoms with van der Waals surface area (Å²) in [6.45, 7) is 5.40. The van der Waals surface area contributed by atoms with E-state index >= 15 is 0 Å². The molecule has 0 N–H and O–H groups in total. The van der Waals surface area contributed by atoms with Gasteiger partial charge < -0.3 is 14.2 Å². The van der Waals surface area contributed by atoms with E-state index in [0.717, 1.165) is 48.8 Å². The van der Waals surface area contributed by atoms with Gasteiger partial charge in [-0.1, -0.05) is 0 Å². The summed E-state index contributed by atoms with van der Waals surface area (Å²) in [5.41, 5.74) is 2.94. The zero-order valence-electron chi connectivity index (χ0n) is 12.3. The van der Waals surface area contributed by atoms with E-state index in [2.05, 4.69) is 26.5 Å². The van der Waals surface area contributed by atoms with Gasteiger partial charge in [0.2, 0.25) is 0 Å². The molecule has 0 aromatic carbocycles. The molecule has 0 aliphatic rings. The van der Waals surface area contributed by atoms with Crippen molar-refractivity contribution in [3.63, 3.8) is 0 Å². The van der Waals surface area contributed by atoms with Gasteiger partial charge in [0.25, 0.3) is 0 Å². The lowest BCUT2D eigenvalue weighted by atomic mass is 10.3. The summed E-state index contributed by atoms with van der Waals surface area (Å²) in [7, 11) is 3.80. The lowest BCUT2D eigenvalue weighted by molar-refractivity contribution is 0.159. The Hall–Kier alpha value is -1.17. The molecule has 0 aliphatic heterocycles. The molecule has 110 valence electrons. The van der Waals surface area contributed by atoms with E-state index in [0.29, 0.717) is 5.88 Å². The van der Waals surface area contributed by atoms with Crippen molar-refractivity contribution < 1.29 is 4.74 Å². The number of alkyl halides is 1. The molecule has 0 atom stereocenters. The van der Waals surface area contributed by atoms with E-state index in [-0.39, 0.29) is 0 Å². The Kier molecular flexibility index (Phi) is 5.34. The summed E-state index contributed by atoms with van der Waals surface area (Å²) in [4.78, 5) is 11.3. The van der Waals surface area contributed by atoms with Crippen LogP contribution in [-0.4, -0.2) is 53.3 Å². The van der Waals surface area contributed by atoms with E-state index in [9.17, 15) is 0 Å². The first-order chi connectivity index (χ1) is 9.65. The molecule has 0 radical (unpaired) electrons. The van der Waals surface area contributed by atoms with E-state index in [1.165, 1.54) is 0 Å². The Morgan fingerprint density at radius 3 is 2.90 bits per heavy atom. The number of ether oxygens (including phenoxy) is 1. The van der Waals surface area contributed by atoms with Crippen LogP contribution in [0, 0.1) is 6.92 Å². The van der Waals surface area contributed by atoms with E-state index in [4.69, 9.17) is 16.3 Å². The first kappa shape index (κ1) is 15.2. The molecule has 0 unspecified atom stereocenters. The molecule has 2 aromatic rings. The van der Waals surface area contributed by atoms with Gasteiger partial charge in [0.15, 0.2) is 5.65 Å². The van der Waals surface area contributed by atoms with Gasteiger partial charge in [0.05, 0.1) is 12.5 Å². The minimum atomic E-state index is 0.400. The second kappa shape index (κ2) is 7.02. The minimum absolute atomic E-state index is 0.400. The summed E-state index contributed by atoms with van der Waals surface area (Å²) in [5.74, 6) is 1.27. The Labute approximate surface area is 124 Å². The fraction of sp³-hybridized carbons (Fsp3) is 0.571. The molecule has 0 amide bonds. The Morgan fingerprint density at radius 2 is 2.20 bits per heavy atom. The van der Waals surface area contributed by atoms with Crippen LogP contribution in [0.5, 0.6) is 0 Å². The largest absolute Gasteiger partial charge is 0.383 e. The SMILES string of the molecule is COCCN(C)CCn1c(CCl)nc2cc(C)cnc21. The van der Waals surface area contributed by atoms with Crippen LogP contribution in [0.2, 0.25) is 0 Å². The number of halogens is 1. The molecule has 20 heavy (non-hydrogen) atoms. The van der Waals surface area contributed by atoms with Crippen LogP contribution in [-0.2, 0) is 17.2 Å². The second-order valence-corrected chi connectivity index (χ2v) is 5.23. The molecule has 2 rings (SSSR count). The Morgan fingerprint density at radius 1 is 1.40 bits per heavy atom. The highest BCUT2D eigenvalue weighted by Gasteiger charge is 2.11. The molecular weight excluding hydrogens is 276 g/mol. The number of rotatable bonds is 7. The molecule has 5 nitrogen and oxygen atoms in total. The van der Waals surface area contributed by atoms with Crippen molar-refractivity contribution in [3.8, 4) is 0 Å². The van der Waals surface area contributed by atoms with Crippen LogP contribution in [0.3, 0.4) is 0 Å². The average Bonchev–Trinajstić information content (AvgIpc) is 2.79. The predicted octanol–water partition coefficient (Wildman–Crippen LogP) is 2.06. The van der Waals surface area contributed by atoms with E-state index < -0.39 is 0 Å². The molecule has 2 aromatic heterocycles. The van der Waals surface area contributed by atoms with Gasteiger partial charge in [-0.25, -0.2) is 9.97 Å². The number of nitrogens with zero attached hydrogens (tertiary/aromatic N) is 4. The molecule has 2 heterocycles. The maximum Gasteiger partial charge on any atom is 0.160 e. The number of pyridine rings is 1. The van der Waals surface area contributed by atoms with Crippen LogP contribution < -0.4 is 0 Å². The van der Waals surface area contributed by atoms with Gasteiger partial charge in [0, 0.05) is 32.9 Å². The third-order valence-electron chi connectivity index (χ3n) is 3.30. The maximum absolute atomic E-state index is 6.00. The first-order valence-electron chi connectivity index (χ1n) is 6.71. The van der Waals surface area contributed by atoms with Gasteiger partial charge in [0.1, 0.15) is 11.3 Å². The maximum atomic E-state index is 6.00. The number of likely N-dealkylation sites (N-methyl/N-ethyl adjacent to an activating group) is 1. The summed E-state index contributed by atoms with van der Waals surface area (Å²) in [6.07, 6.45) is 1.87. The summed E-state index contributed by atoms with van der Waals surface area (Å²) >= 11 is 6.00. The number of imidazole rings is 1. The third kappa shape index (κ3) is 3.48. The highest BCUT2D eigenvalue weighted by Crippen LogP contribution is 2.16. The van der Waals surface area contributed by atoms with Gasteiger partial charge in [-0.05, 0) is 25.6 Å². The number of aryl methyl sites for hydroxylation is 1. The fourth-order valence-corrected chi connectivity index (χ4v) is 2.33. The van der Waals surface area contributed by atoms with Crippen molar-refractivity contribution in [2.24, 2.45) is 0 Å². The molecule has 6 heteroatoms. The van der Waals surface area contributed by atoms with Gasteiger partial charge in [-0.3, -0.25) is 0 Å². The van der Waals surface area contributed by atoms with Gasteiger partial charge >= 0.3 is 0 Å². The van der Waals surface area contributed by atoms with E-state index in [1.807, 2.05) is 19.2 Å². The van der Waals surface area contributed by atoms with Crippen molar-refractivity contribution in [1.29, 1.82) is 0 Å². The third-order valence-corrected chi connectivity index (χ3v) is 3.54. The highest BCUT2D eigenvalue weighted by atomic mass is 35.5. The first-order valence-corrected chi connectivity index (χ1v) is 7.24. The average molecular weight is 297 g/mol. The van der Waals surface area contributed by atoms with Crippen molar-refractivity contribution in [2.45, 2.75) is 19.3 Å². The predicted molar refractivity (Wildman–Crippen MR) is 81.2 cm³/mol. The monoisotopic (exact) mass is 296 g/mol. The Balaban J connectivity index is 2.15. The lowest BCUT2D eigenvalue weighted by Crippen LogP contribution is -2.27. The van der Waals surface area contributed by atoms with Crippen molar-refractivity contribution in [2.75, 3.05) is 33.9 Å². The normalized spacial score (nSPS) is 11.7. The minimum Gasteiger partial charge on any atom is -0.383 e. The Bertz CT molecular complexity index is 570. The topological polar surface area (TPSA) is 43.2 Å². The van der Waals surface area contributed by atoms with Crippen LogP contribution in [0.4, 0.5) is 0 Å². The van der Waals surface area contributed by atoms with Crippen LogP contribution in [0.25, 0.3) is 11.2 Å². The molecule has 0 fully saturated rings. The molecule has 0 spiro atoms. The van der Waals surface area contributed by atoms with Gasteiger partial charge in [-0.2, -0.15) is 0 Å². The smallest absolute Gasteiger partial charge is 0.160 e. The second-order valence-electron chi connectivity index (χ2n) is 4.96. The molecule has 0 bridgehead atoms. The number of aromatic nitrogens is 3. The van der Waals surface area contributed by atoms with Crippen molar-refractivity contribution in [3.05, 3.63) is 23.7 Å². The summed E-state index contributed by atoms with van der Waals surface area (Å²) in [5, 5.41) is 0. The van der Waals surface area contributed by atoms with Crippen molar-refractivity contribution in [1.82, 2.24) is 19.4 Å². The number of hydrogen-bond acceptors (Lipinski definition) is 4. The molecular formula is C14H21ClN4O. The van der Waals surface area contributed by atoms with Crippen LogP contribution in [0.1, 0.15) is 11.4 Å². The lowest BCUT2D eigenvalue weighted by Gasteiger charge is -2.17. The quantitative estimate of drug-likeness (QED) is 0.734. The summed E-state index contributed by atoms with van der Waals surface area (Å²) < 4.78 is 7.19.